The third kappa shape index (κ3) is 1.22. The quantitative estimate of drug-likeness (QED) is 0.642. The van der Waals surface area contributed by atoms with Gasteiger partial charge in [-0.05, 0) is 25.7 Å². The van der Waals surface area contributed by atoms with Crippen molar-refractivity contribution < 1.29 is 9.53 Å². The fourth-order valence-corrected chi connectivity index (χ4v) is 1.75. The third-order valence-corrected chi connectivity index (χ3v) is 3.01. The normalized spacial score (nSPS) is 34.1. The first-order chi connectivity index (χ1) is 5.67. The molecule has 1 fully saturated rings. The van der Waals surface area contributed by atoms with Crippen LogP contribution in [-0.2, 0) is 9.53 Å². The minimum absolute atomic E-state index is 0.105. The van der Waals surface area contributed by atoms with E-state index in [9.17, 15) is 4.79 Å². The van der Waals surface area contributed by atoms with Crippen LogP contribution in [-0.4, -0.2) is 19.1 Å². The Kier molecular flexibility index (Phi) is 2.73. The van der Waals surface area contributed by atoms with Gasteiger partial charge >= 0.3 is 5.97 Å². The van der Waals surface area contributed by atoms with Gasteiger partial charge in [0.1, 0.15) is 0 Å². The van der Waals surface area contributed by atoms with E-state index in [4.69, 9.17) is 10.5 Å². The SMILES string of the molecule is CCOC(=O)C1(CN)CCC1C. The van der Waals surface area contributed by atoms with Crippen molar-refractivity contribution in [3.63, 3.8) is 0 Å². The van der Waals surface area contributed by atoms with Gasteiger partial charge in [-0.15, -0.1) is 0 Å². The number of nitrogens with two attached hydrogens (primary N) is 1. The van der Waals surface area contributed by atoms with Crippen LogP contribution in [0.3, 0.4) is 0 Å². The standard InChI is InChI=1S/C9H17NO2/c1-3-12-8(11)9(6-10)5-4-7(9)2/h7H,3-6,10H2,1-2H3. The smallest absolute Gasteiger partial charge is 0.313 e. The van der Waals surface area contributed by atoms with Gasteiger partial charge in [-0.2, -0.15) is 0 Å². The average Bonchev–Trinajstić information content (AvgIpc) is 2.04. The highest BCUT2D eigenvalue weighted by Gasteiger charge is 2.50. The molecule has 0 heterocycles. The van der Waals surface area contributed by atoms with Crippen molar-refractivity contribution in [3.8, 4) is 0 Å². The molecule has 2 unspecified atom stereocenters. The molecule has 0 saturated heterocycles. The summed E-state index contributed by atoms with van der Waals surface area (Å²) in [5.74, 6) is 0.285. The van der Waals surface area contributed by atoms with Crippen molar-refractivity contribution in [1.82, 2.24) is 0 Å². The predicted octanol–water partition coefficient (Wildman–Crippen LogP) is 0.924. The van der Waals surface area contributed by atoms with Gasteiger partial charge < -0.3 is 10.5 Å². The molecule has 0 spiro atoms. The molecule has 0 amide bonds. The van der Waals surface area contributed by atoms with Crippen LogP contribution in [0.15, 0.2) is 0 Å². The minimum Gasteiger partial charge on any atom is -0.466 e. The van der Waals surface area contributed by atoms with E-state index in [2.05, 4.69) is 6.92 Å². The van der Waals surface area contributed by atoms with Crippen LogP contribution in [0, 0.1) is 11.3 Å². The van der Waals surface area contributed by atoms with Crippen molar-refractivity contribution in [2.45, 2.75) is 26.7 Å². The molecule has 3 heteroatoms. The second kappa shape index (κ2) is 3.44. The molecule has 0 aromatic heterocycles. The van der Waals surface area contributed by atoms with Crippen LogP contribution in [0.25, 0.3) is 0 Å². The lowest BCUT2D eigenvalue weighted by atomic mass is 9.61. The summed E-state index contributed by atoms with van der Waals surface area (Å²) in [6.45, 7) is 4.76. The Morgan fingerprint density at radius 1 is 1.75 bits per heavy atom. The van der Waals surface area contributed by atoms with Crippen molar-refractivity contribution >= 4 is 5.97 Å². The van der Waals surface area contributed by atoms with Gasteiger partial charge in [0.2, 0.25) is 0 Å². The molecule has 70 valence electrons. The maximum Gasteiger partial charge on any atom is 0.313 e. The zero-order valence-electron chi connectivity index (χ0n) is 7.80. The molecular weight excluding hydrogens is 154 g/mol. The van der Waals surface area contributed by atoms with Crippen LogP contribution in [0.1, 0.15) is 26.7 Å². The maximum atomic E-state index is 11.5. The van der Waals surface area contributed by atoms with Crippen molar-refractivity contribution in [2.24, 2.45) is 17.1 Å². The summed E-state index contributed by atoms with van der Waals surface area (Å²) >= 11 is 0. The van der Waals surface area contributed by atoms with E-state index in [-0.39, 0.29) is 11.4 Å². The molecule has 2 atom stereocenters. The van der Waals surface area contributed by atoms with E-state index in [1.807, 2.05) is 6.92 Å². The molecule has 12 heavy (non-hydrogen) atoms. The topological polar surface area (TPSA) is 52.3 Å². The van der Waals surface area contributed by atoms with Gasteiger partial charge in [0, 0.05) is 6.54 Å². The number of ether oxygens (including phenoxy) is 1. The molecule has 2 N–H and O–H groups in total. The van der Waals surface area contributed by atoms with E-state index >= 15 is 0 Å². The molecule has 1 aliphatic carbocycles. The van der Waals surface area contributed by atoms with Crippen LogP contribution < -0.4 is 5.73 Å². The lowest BCUT2D eigenvalue weighted by Gasteiger charge is -2.44. The number of carbonyl (C=O) groups excluding carboxylic acids is 1. The first-order valence-electron chi connectivity index (χ1n) is 4.54. The number of esters is 1. The second-order valence-electron chi connectivity index (χ2n) is 3.52. The largest absolute Gasteiger partial charge is 0.466 e. The highest BCUT2D eigenvalue weighted by atomic mass is 16.5. The fourth-order valence-electron chi connectivity index (χ4n) is 1.75. The Balaban J connectivity index is 2.61. The van der Waals surface area contributed by atoms with Gasteiger partial charge in [0.25, 0.3) is 0 Å². The molecule has 0 bridgehead atoms. The molecule has 0 aromatic carbocycles. The highest BCUT2D eigenvalue weighted by molar-refractivity contribution is 5.78. The minimum atomic E-state index is -0.351. The highest BCUT2D eigenvalue weighted by Crippen LogP contribution is 2.46. The summed E-state index contributed by atoms with van der Waals surface area (Å²) in [7, 11) is 0. The van der Waals surface area contributed by atoms with Crippen LogP contribution >= 0.6 is 0 Å². The zero-order valence-corrected chi connectivity index (χ0v) is 7.80. The van der Waals surface area contributed by atoms with Gasteiger partial charge in [0.05, 0.1) is 12.0 Å². The Morgan fingerprint density at radius 2 is 2.42 bits per heavy atom. The van der Waals surface area contributed by atoms with E-state index in [1.165, 1.54) is 0 Å². The molecule has 1 saturated carbocycles. The molecule has 3 nitrogen and oxygen atoms in total. The Bertz CT molecular complexity index is 177. The summed E-state index contributed by atoms with van der Waals surface area (Å²) < 4.78 is 4.99. The van der Waals surface area contributed by atoms with E-state index < -0.39 is 0 Å². The van der Waals surface area contributed by atoms with Crippen molar-refractivity contribution in [2.75, 3.05) is 13.2 Å². The van der Waals surface area contributed by atoms with Crippen molar-refractivity contribution in [3.05, 3.63) is 0 Å². The number of carbonyl (C=O) groups is 1. The summed E-state index contributed by atoms with van der Waals surface area (Å²) in [5, 5.41) is 0. The van der Waals surface area contributed by atoms with Gasteiger partial charge in [0.15, 0.2) is 0 Å². The Hall–Kier alpha value is -0.570. The Morgan fingerprint density at radius 3 is 2.67 bits per heavy atom. The number of rotatable bonds is 3. The average molecular weight is 171 g/mol. The first kappa shape index (κ1) is 9.52. The van der Waals surface area contributed by atoms with Crippen molar-refractivity contribution in [1.29, 1.82) is 0 Å². The van der Waals surface area contributed by atoms with Crippen LogP contribution in [0.2, 0.25) is 0 Å². The zero-order chi connectivity index (χ0) is 9.19. The summed E-state index contributed by atoms with van der Waals surface area (Å²) in [5.41, 5.74) is 5.24. The maximum absolute atomic E-state index is 11.5. The lowest BCUT2D eigenvalue weighted by Crippen LogP contribution is -2.51. The molecule has 1 rings (SSSR count). The summed E-state index contributed by atoms with van der Waals surface area (Å²) in [6.07, 6.45) is 1.99. The van der Waals surface area contributed by atoms with Gasteiger partial charge in [-0.25, -0.2) is 0 Å². The van der Waals surface area contributed by atoms with Gasteiger partial charge in [-0.1, -0.05) is 6.92 Å². The third-order valence-electron chi connectivity index (χ3n) is 3.01. The van der Waals surface area contributed by atoms with Crippen LogP contribution in [0.4, 0.5) is 0 Å². The van der Waals surface area contributed by atoms with E-state index in [1.54, 1.807) is 0 Å². The molecule has 0 aliphatic heterocycles. The van der Waals surface area contributed by atoms with Gasteiger partial charge in [-0.3, -0.25) is 4.79 Å². The molecule has 1 aliphatic rings. The Labute approximate surface area is 73.3 Å². The summed E-state index contributed by atoms with van der Waals surface area (Å²) in [6, 6.07) is 0. The lowest BCUT2D eigenvalue weighted by molar-refractivity contribution is -0.165. The van der Waals surface area contributed by atoms with E-state index in [0.717, 1.165) is 12.8 Å². The molecule has 0 aromatic rings. The number of hydrogen-bond acceptors (Lipinski definition) is 3. The monoisotopic (exact) mass is 171 g/mol. The van der Waals surface area contributed by atoms with E-state index in [0.29, 0.717) is 19.1 Å². The fraction of sp³-hybridized carbons (Fsp3) is 0.889. The first-order valence-corrected chi connectivity index (χ1v) is 4.54. The predicted molar refractivity (Wildman–Crippen MR) is 46.5 cm³/mol. The number of hydrogen-bond donors (Lipinski definition) is 1. The summed E-state index contributed by atoms with van der Waals surface area (Å²) in [4.78, 5) is 11.5. The second-order valence-corrected chi connectivity index (χ2v) is 3.52. The molecule has 0 radical (unpaired) electrons. The molecular formula is C9H17NO2. The van der Waals surface area contributed by atoms with Crippen LogP contribution in [0.5, 0.6) is 0 Å².